The second-order valence-electron chi connectivity index (χ2n) is 6.04. The molecule has 0 aliphatic carbocycles. The van der Waals surface area contributed by atoms with E-state index in [2.05, 4.69) is 19.7 Å². The molecule has 0 aliphatic heterocycles. The molecule has 28 heavy (non-hydrogen) atoms. The Morgan fingerprint density at radius 1 is 0.821 bits per heavy atom. The Hall–Kier alpha value is -2.90. The monoisotopic (exact) mass is 396 g/mol. The van der Waals surface area contributed by atoms with Gasteiger partial charge in [0.15, 0.2) is 0 Å². The van der Waals surface area contributed by atoms with Crippen molar-refractivity contribution in [1.29, 1.82) is 0 Å². The van der Waals surface area contributed by atoms with Gasteiger partial charge in [0.05, 0.1) is 13.2 Å². The molecule has 0 saturated heterocycles. The van der Waals surface area contributed by atoms with Crippen LogP contribution in [0.3, 0.4) is 0 Å². The number of aliphatic carboxylic acids is 1. The molecule has 1 N–H and O–H groups in total. The van der Waals surface area contributed by atoms with Gasteiger partial charge in [0, 0.05) is 30.1 Å². The number of carboxylic acids is 1. The second-order valence-corrected chi connectivity index (χ2v) is 6.04. The molecule has 2 unspecified atom stereocenters. The first-order valence-corrected chi connectivity index (χ1v) is 8.84. The minimum atomic E-state index is -1.66. The zero-order valence-corrected chi connectivity index (χ0v) is 16.3. The number of carboxylic acid groups (broad SMARTS) is 1. The summed E-state index contributed by atoms with van der Waals surface area (Å²) >= 11 is 0. The van der Waals surface area contributed by atoms with Crippen molar-refractivity contribution in [2.24, 2.45) is 17.3 Å². The van der Waals surface area contributed by atoms with Gasteiger partial charge in [-0.25, -0.2) is 14.4 Å². The zero-order valence-electron chi connectivity index (χ0n) is 16.3. The van der Waals surface area contributed by atoms with Gasteiger partial charge < -0.3 is 19.3 Å². The van der Waals surface area contributed by atoms with Crippen molar-refractivity contribution in [3.8, 4) is 0 Å². The summed E-state index contributed by atoms with van der Waals surface area (Å²) in [5.74, 6) is -4.90. The van der Waals surface area contributed by atoms with Crippen LogP contribution in [-0.2, 0) is 33.4 Å². The van der Waals surface area contributed by atoms with E-state index >= 15 is 0 Å². The van der Waals surface area contributed by atoms with E-state index in [0.717, 1.165) is 18.2 Å². The Morgan fingerprint density at radius 3 is 1.46 bits per heavy atom. The van der Waals surface area contributed by atoms with Crippen molar-refractivity contribution in [1.82, 2.24) is 0 Å². The first-order valence-electron chi connectivity index (χ1n) is 8.84. The lowest BCUT2D eigenvalue weighted by Crippen LogP contribution is -2.52. The maximum Gasteiger partial charge on any atom is 0.330 e. The average molecular weight is 396 g/mol. The van der Waals surface area contributed by atoms with E-state index in [9.17, 15) is 24.3 Å². The van der Waals surface area contributed by atoms with Gasteiger partial charge in [-0.2, -0.15) is 0 Å². The Labute approximate surface area is 164 Å². The van der Waals surface area contributed by atoms with E-state index < -0.39 is 47.7 Å². The van der Waals surface area contributed by atoms with Crippen LogP contribution in [-0.4, -0.2) is 48.8 Å². The van der Waals surface area contributed by atoms with Crippen LogP contribution in [0.15, 0.2) is 38.0 Å². The summed E-state index contributed by atoms with van der Waals surface area (Å²) in [6.45, 7) is 12.4. The van der Waals surface area contributed by atoms with Gasteiger partial charge in [-0.15, -0.1) is 0 Å². The highest BCUT2D eigenvalue weighted by molar-refractivity contribution is 5.83. The fourth-order valence-electron chi connectivity index (χ4n) is 2.97. The molecule has 0 fully saturated rings. The standard InChI is InChI=1S/C20H28O8/c1-6-14(11-26-16(21)8-3)20(19(24)25,13-28-18(23)10-5)15(7-2)12-27-17(22)9-4/h8-10,14-15H,3-7,11-13H2,1-2H3,(H,24,25). The molecule has 0 bridgehead atoms. The van der Waals surface area contributed by atoms with Crippen LogP contribution >= 0.6 is 0 Å². The summed E-state index contributed by atoms with van der Waals surface area (Å²) in [6, 6.07) is 0. The van der Waals surface area contributed by atoms with E-state index in [-0.39, 0.29) is 13.2 Å². The molecular weight excluding hydrogens is 368 g/mol. The molecule has 156 valence electrons. The Bertz CT molecular complexity index is 575. The largest absolute Gasteiger partial charge is 0.481 e. The molecule has 0 aromatic heterocycles. The quantitative estimate of drug-likeness (QED) is 0.270. The Balaban J connectivity index is 6.02. The third-order valence-electron chi connectivity index (χ3n) is 4.65. The minimum Gasteiger partial charge on any atom is -0.481 e. The molecule has 0 heterocycles. The summed E-state index contributed by atoms with van der Waals surface area (Å²) in [7, 11) is 0. The predicted molar refractivity (Wildman–Crippen MR) is 101 cm³/mol. The van der Waals surface area contributed by atoms with Crippen LogP contribution in [0, 0.1) is 17.3 Å². The van der Waals surface area contributed by atoms with Crippen molar-refractivity contribution in [3.05, 3.63) is 38.0 Å². The third kappa shape index (κ3) is 6.68. The van der Waals surface area contributed by atoms with Crippen molar-refractivity contribution in [2.75, 3.05) is 19.8 Å². The summed E-state index contributed by atoms with van der Waals surface area (Å²) < 4.78 is 15.2. The van der Waals surface area contributed by atoms with Gasteiger partial charge in [-0.05, 0) is 12.8 Å². The van der Waals surface area contributed by atoms with Crippen LogP contribution < -0.4 is 0 Å². The first-order chi connectivity index (χ1) is 13.2. The third-order valence-corrected chi connectivity index (χ3v) is 4.65. The van der Waals surface area contributed by atoms with E-state index in [1.54, 1.807) is 13.8 Å². The molecular formula is C20H28O8. The summed E-state index contributed by atoms with van der Waals surface area (Å²) in [4.78, 5) is 46.9. The summed E-state index contributed by atoms with van der Waals surface area (Å²) in [5.41, 5.74) is -1.66. The molecule has 0 aromatic carbocycles. The van der Waals surface area contributed by atoms with Gasteiger partial charge in [-0.1, -0.05) is 33.6 Å². The van der Waals surface area contributed by atoms with Gasteiger partial charge in [0.1, 0.15) is 12.0 Å². The minimum absolute atomic E-state index is 0.231. The van der Waals surface area contributed by atoms with Crippen LogP contribution in [0.25, 0.3) is 0 Å². The number of carbonyl (C=O) groups excluding carboxylic acids is 3. The molecule has 0 aromatic rings. The highest BCUT2D eigenvalue weighted by atomic mass is 16.5. The predicted octanol–water partition coefficient (Wildman–Crippen LogP) is 2.30. The van der Waals surface area contributed by atoms with Gasteiger partial charge in [0.2, 0.25) is 0 Å². The van der Waals surface area contributed by atoms with E-state index in [0.29, 0.717) is 12.8 Å². The number of hydrogen-bond acceptors (Lipinski definition) is 7. The number of rotatable bonds is 14. The molecule has 0 spiro atoms. The highest BCUT2D eigenvalue weighted by Crippen LogP contribution is 2.41. The van der Waals surface area contributed by atoms with Crippen LogP contribution in [0.2, 0.25) is 0 Å². The maximum absolute atomic E-state index is 12.4. The molecule has 0 rings (SSSR count). The molecule has 0 radical (unpaired) electrons. The van der Waals surface area contributed by atoms with Crippen molar-refractivity contribution in [3.63, 3.8) is 0 Å². The van der Waals surface area contributed by atoms with Crippen molar-refractivity contribution in [2.45, 2.75) is 26.7 Å². The Morgan fingerprint density at radius 2 is 1.18 bits per heavy atom. The van der Waals surface area contributed by atoms with Gasteiger partial charge >= 0.3 is 23.9 Å². The van der Waals surface area contributed by atoms with Crippen LogP contribution in [0.5, 0.6) is 0 Å². The van der Waals surface area contributed by atoms with Gasteiger partial charge in [0.25, 0.3) is 0 Å². The molecule has 0 saturated carbocycles. The average Bonchev–Trinajstić information content (AvgIpc) is 2.70. The lowest BCUT2D eigenvalue weighted by Gasteiger charge is -2.41. The van der Waals surface area contributed by atoms with Crippen molar-refractivity contribution < 1.29 is 38.5 Å². The second kappa shape index (κ2) is 12.5. The number of carbonyl (C=O) groups is 4. The van der Waals surface area contributed by atoms with E-state index in [1.807, 2.05) is 0 Å². The highest BCUT2D eigenvalue weighted by Gasteiger charge is 2.52. The number of ether oxygens (including phenoxy) is 3. The molecule has 0 aliphatic rings. The summed E-state index contributed by atoms with van der Waals surface area (Å²) in [6.07, 6.45) is 3.46. The smallest absolute Gasteiger partial charge is 0.330 e. The topological polar surface area (TPSA) is 116 Å². The fourth-order valence-corrected chi connectivity index (χ4v) is 2.97. The molecule has 0 amide bonds. The van der Waals surface area contributed by atoms with Crippen LogP contribution in [0.1, 0.15) is 26.7 Å². The SMILES string of the molecule is C=CC(=O)OCC(CC)C(COC(=O)C=C)(C(=O)O)C(CC)COC(=O)C=C. The molecule has 2 atom stereocenters. The van der Waals surface area contributed by atoms with Crippen molar-refractivity contribution >= 4 is 23.9 Å². The van der Waals surface area contributed by atoms with E-state index in [4.69, 9.17) is 14.2 Å². The first kappa shape index (κ1) is 25.1. The number of esters is 3. The molecule has 8 nitrogen and oxygen atoms in total. The lowest BCUT2D eigenvalue weighted by atomic mass is 9.65. The summed E-state index contributed by atoms with van der Waals surface area (Å²) in [5, 5.41) is 10.1. The zero-order chi connectivity index (χ0) is 21.7. The fraction of sp³-hybridized carbons (Fsp3) is 0.500. The van der Waals surface area contributed by atoms with Gasteiger partial charge in [-0.3, -0.25) is 4.79 Å². The molecule has 8 heteroatoms. The van der Waals surface area contributed by atoms with E-state index in [1.165, 1.54) is 0 Å². The lowest BCUT2D eigenvalue weighted by molar-refractivity contribution is -0.177. The van der Waals surface area contributed by atoms with Crippen LogP contribution in [0.4, 0.5) is 0 Å². The Kier molecular flexibility index (Phi) is 11.2. The number of hydrogen-bond donors (Lipinski definition) is 1. The normalized spacial score (nSPS) is 14.5. The maximum atomic E-state index is 12.4.